The molecule has 1 aliphatic rings. The van der Waals surface area contributed by atoms with Gasteiger partial charge in [0.15, 0.2) is 0 Å². The van der Waals surface area contributed by atoms with Crippen LogP contribution >= 0.6 is 11.3 Å². The van der Waals surface area contributed by atoms with E-state index in [-0.39, 0.29) is 17.7 Å². The van der Waals surface area contributed by atoms with Crippen LogP contribution in [0.15, 0.2) is 17.5 Å². The van der Waals surface area contributed by atoms with Crippen molar-refractivity contribution in [1.29, 1.82) is 0 Å². The molecule has 2 N–H and O–H groups in total. The Morgan fingerprint density at radius 3 is 2.45 bits per heavy atom. The summed E-state index contributed by atoms with van der Waals surface area (Å²) in [5, 5.41) is 1.90. The van der Waals surface area contributed by atoms with Crippen molar-refractivity contribution < 1.29 is 9.59 Å². The number of nitrogens with zero attached hydrogens (tertiary/aromatic N) is 2. The third-order valence-corrected chi connectivity index (χ3v) is 4.59. The Kier molecular flexibility index (Phi) is 5.14. The van der Waals surface area contributed by atoms with Gasteiger partial charge in [-0.05, 0) is 17.9 Å². The lowest BCUT2D eigenvalue weighted by Crippen LogP contribution is -2.52. The van der Waals surface area contributed by atoms with E-state index in [1.54, 1.807) is 0 Å². The minimum Gasteiger partial charge on any atom is -0.339 e. The molecular formula is C14H21N3O2S. The molecule has 0 aliphatic carbocycles. The third-order valence-electron chi connectivity index (χ3n) is 3.74. The molecule has 0 radical (unpaired) electrons. The predicted octanol–water partition coefficient (Wildman–Crippen LogP) is 1.02. The summed E-state index contributed by atoms with van der Waals surface area (Å²) >= 11 is 1.46. The van der Waals surface area contributed by atoms with Gasteiger partial charge in [0.2, 0.25) is 5.91 Å². The smallest absolute Gasteiger partial charge is 0.264 e. The quantitative estimate of drug-likeness (QED) is 0.902. The number of rotatable bonds is 4. The van der Waals surface area contributed by atoms with Crippen molar-refractivity contribution in [1.82, 2.24) is 9.80 Å². The molecule has 1 unspecified atom stereocenters. The standard InChI is InChI=1S/C14H21N3O2S/c1-2-11(10-15)13(18)16-5-7-17(8-6-16)14(19)12-4-3-9-20-12/h3-4,9,11H,2,5-8,10,15H2,1H3. The zero-order chi connectivity index (χ0) is 14.5. The van der Waals surface area contributed by atoms with E-state index in [1.165, 1.54) is 11.3 Å². The summed E-state index contributed by atoms with van der Waals surface area (Å²) in [6.07, 6.45) is 0.768. The van der Waals surface area contributed by atoms with Gasteiger partial charge < -0.3 is 15.5 Å². The van der Waals surface area contributed by atoms with Crippen molar-refractivity contribution in [2.24, 2.45) is 11.7 Å². The highest BCUT2D eigenvalue weighted by atomic mass is 32.1. The van der Waals surface area contributed by atoms with Crippen LogP contribution < -0.4 is 5.73 Å². The van der Waals surface area contributed by atoms with Crippen molar-refractivity contribution in [3.8, 4) is 0 Å². The number of piperazine rings is 1. The van der Waals surface area contributed by atoms with E-state index in [0.717, 1.165) is 11.3 Å². The van der Waals surface area contributed by atoms with E-state index in [2.05, 4.69) is 0 Å². The summed E-state index contributed by atoms with van der Waals surface area (Å²) in [6, 6.07) is 3.72. The summed E-state index contributed by atoms with van der Waals surface area (Å²) in [6.45, 7) is 4.78. The highest BCUT2D eigenvalue weighted by Crippen LogP contribution is 2.15. The maximum absolute atomic E-state index is 12.2. The van der Waals surface area contributed by atoms with Crippen LogP contribution in [-0.4, -0.2) is 54.3 Å². The number of amides is 2. The highest BCUT2D eigenvalue weighted by molar-refractivity contribution is 7.12. The van der Waals surface area contributed by atoms with Crippen molar-refractivity contribution in [3.63, 3.8) is 0 Å². The second-order valence-corrected chi connectivity index (χ2v) is 5.88. The van der Waals surface area contributed by atoms with Gasteiger partial charge in [-0.2, -0.15) is 0 Å². The first-order valence-electron chi connectivity index (χ1n) is 6.99. The monoisotopic (exact) mass is 295 g/mol. The Morgan fingerprint density at radius 2 is 1.95 bits per heavy atom. The molecule has 0 bridgehead atoms. The molecule has 0 aromatic carbocycles. The predicted molar refractivity (Wildman–Crippen MR) is 79.6 cm³/mol. The Hall–Kier alpha value is -1.40. The van der Waals surface area contributed by atoms with Crippen LogP contribution in [0.4, 0.5) is 0 Å². The van der Waals surface area contributed by atoms with Gasteiger partial charge in [-0.15, -0.1) is 11.3 Å². The number of carbonyl (C=O) groups is 2. The molecular weight excluding hydrogens is 274 g/mol. The van der Waals surface area contributed by atoms with Crippen molar-refractivity contribution in [3.05, 3.63) is 22.4 Å². The molecule has 1 aromatic heterocycles. The molecule has 1 saturated heterocycles. The lowest BCUT2D eigenvalue weighted by molar-refractivity contribution is -0.136. The first-order chi connectivity index (χ1) is 9.67. The van der Waals surface area contributed by atoms with E-state index < -0.39 is 0 Å². The van der Waals surface area contributed by atoms with Gasteiger partial charge in [0, 0.05) is 32.7 Å². The fourth-order valence-corrected chi connectivity index (χ4v) is 3.08. The lowest BCUT2D eigenvalue weighted by atomic mass is 10.0. The first-order valence-corrected chi connectivity index (χ1v) is 7.87. The van der Waals surface area contributed by atoms with E-state index >= 15 is 0 Å². The fourth-order valence-electron chi connectivity index (χ4n) is 2.39. The van der Waals surface area contributed by atoms with Crippen molar-refractivity contribution in [2.45, 2.75) is 13.3 Å². The summed E-state index contributed by atoms with van der Waals surface area (Å²) < 4.78 is 0. The molecule has 1 aromatic rings. The van der Waals surface area contributed by atoms with E-state index in [0.29, 0.717) is 32.7 Å². The van der Waals surface area contributed by atoms with Crippen LogP contribution in [0.5, 0.6) is 0 Å². The molecule has 2 amide bonds. The van der Waals surface area contributed by atoms with Gasteiger partial charge in [0.1, 0.15) is 0 Å². The second kappa shape index (κ2) is 6.85. The average Bonchev–Trinajstić information content (AvgIpc) is 3.02. The van der Waals surface area contributed by atoms with E-state index in [4.69, 9.17) is 5.73 Å². The molecule has 1 aliphatic heterocycles. The Morgan fingerprint density at radius 1 is 1.30 bits per heavy atom. The first kappa shape index (κ1) is 15.0. The van der Waals surface area contributed by atoms with E-state index in [9.17, 15) is 9.59 Å². The number of thiophene rings is 1. The van der Waals surface area contributed by atoms with Gasteiger partial charge in [-0.1, -0.05) is 13.0 Å². The van der Waals surface area contributed by atoms with Crippen LogP contribution in [-0.2, 0) is 4.79 Å². The molecule has 2 rings (SSSR count). The Labute approximate surface area is 123 Å². The molecule has 1 fully saturated rings. The number of carbonyl (C=O) groups excluding carboxylic acids is 2. The van der Waals surface area contributed by atoms with Crippen molar-refractivity contribution >= 4 is 23.2 Å². The van der Waals surface area contributed by atoms with Crippen LogP contribution in [0.25, 0.3) is 0 Å². The van der Waals surface area contributed by atoms with Crippen molar-refractivity contribution in [2.75, 3.05) is 32.7 Å². The zero-order valence-corrected chi connectivity index (χ0v) is 12.6. The largest absolute Gasteiger partial charge is 0.339 e. The fraction of sp³-hybridized carbons (Fsp3) is 0.571. The van der Waals surface area contributed by atoms with Crippen LogP contribution in [0.1, 0.15) is 23.0 Å². The highest BCUT2D eigenvalue weighted by Gasteiger charge is 2.28. The van der Waals surface area contributed by atoms with Gasteiger partial charge in [0.25, 0.3) is 5.91 Å². The summed E-state index contributed by atoms with van der Waals surface area (Å²) in [5.74, 6) is 0.103. The molecule has 5 nitrogen and oxygen atoms in total. The normalized spacial score (nSPS) is 17.1. The van der Waals surface area contributed by atoms with Crippen LogP contribution in [0, 0.1) is 5.92 Å². The average molecular weight is 295 g/mol. The number of nitrogens with two attached hydrogens (primary N) is 1. The molecule has 0 spiro atoms. The topological polar surface area (TPSA) is 66.6 Å². The summed E-state index contributed by atoms with van der Waals surface area (Å²) in [4.78, 5) is 28.8. The van der Waals surface area contributed by atoms with E-state index in [1.807, 2.05) is 34.2 Å². The maximum Gasteiger partial charge on any atom is 0.264 e. The third kappa shape index (κ3) is 3.19. The van der Waals surface area contributed by atoms with Gasteiger partial charge in [-0.3, -0.25) is 9.59 Å². The summed E-state index contributed by atoms with van der Waals surface area (Å²) in [5.41, 5.74) is 5.62. The minimum absolute atomic E-state index is 0.0676. The molecule has 0 saturated carbocycles. The summed E-state index contributed by atoms with van der Waals surface area (Å²) in [7, 11) is 0. The maximum atomic E-state index is 12.2. The lowest BCUT2D eigenvalue weighted by Gasteiger charge is -2.36. The molecule has 20 heavy (non-hydrogen) atoms. The molecule has 110 valence electrons. The van der Waals surface area contributed by atoms with Gasteiger partial charge in [0.05, 0.1) is 10.8 Å². The van der Waals surface area contributed by atoms with Gasteiger partial charge in [-0.25, -0.2) is 0 Å². The molecule has 1 atom stereocenters. The zero-order valence-electron chi connectivity index (χ0n) is 11.7. The SMILES string of the molecule is CCC(CN)C(=O)N1CCN(C(=O)c2cccs2)CC1. The number of hydrogen-bond donors (Lipinski definition) is 1. The minimum atomic E-state index is -0.0884. The van der Waals surface area contributed by atoms with Gasteiger partial charge >= 0.3 is 0 Å². The molecule has 2 heterocycles. The Balaban J connectivity index is 1.89. The van der Waals surface area contributed by atoms with Crippen LogP contribution in [0.3, 0.4) is 0 Å². The Bertz CT molecular complexity index is 449. The molecule has 6 heteroatoms. The van der Waals surface area contributed by atoms with Crippen LogP contribution in [0.2, 0.25) is 0 Å². The second-order valence-electron chi connectivity index (χ2n) is 4.94. The number of hydrogen-bond acceptors (Lipinski definition) is 4.